The Bertz CT molecular complexity index is 376. The second-order valence-electron chi connectivity index (χ2n) is 3.01. The molecule has 0 aliphatic rings. The van der Waals surface area contributed by atoms with Crippen molar-refractivity contribution in [2.75, 3.05) is 0 Å². The topological polar surface area (TPSA) is 0 Å². The fourth-order valence-electron chi connectivity index (χ4n) is 1.31. The van der Waals surface area contributed by atoms with Gasteiger partial charge in [-0.1, -0.05) is 0 Å². The summed E-state index contributed by atoms with van der Waals surface area (Å²) >= 11 is 5.55. The van der Waals surface area contributed by atoms with E-state index in [1.165, 1.54) is 0 Å². The van der Waals surface area contributed by atoms with Crippen molar-refractivity contribution in [2.24, 2.45) is 0 Å². The molecule has 1 heteroatoms. The maximum absolute atomic E-state index is 5.55. The Kier molecular flexibility index (Phi) is 2.93. The summed E-state index contributed by atoms with van der Waals surface area (Å²) in [5.74, 6) is 0. The van der Waals surface area contributed by atoms with Gasteiger partial charge in [0, 0.05) is 0 Å². The van der Waals surface area contributed by atoms with E-state index in [0.717, 1.165) is 15.5 Å². The molecule has 2 rings (SSSR count). The summed E-state index contributed by atoms with van der Waals surface area (Å²) in [5, 5.41) is 0. The van der Waals surface area contributed by atoms with E-state index in [1.54, 1.807) is 0 Å². The summed E-state index contributed by atoms with van der Waals surface area (Å²) in [5.41, 5.74) is 2.19. The monoisotopic (exact) mass is 229 g/mol. The average Bonchev–Trinajstić information content (AvgIpc) is 2.30. The predicted molar refractivity (Wildman–Crippen MR) is 56.1 cm³/mol. The van der Waals surface area contributed by atoms with Gasteiger partial charge in [-0.2, -0.15) is 0 Å². The van der Waals surface area contributed by atoms with Crippen LogP contribution in [0.15, 0.2) is 60.7 Å². The number of benzene rings is 2. The Morgan fingerprint density at radius 3 is 1.36 bits per heavy atom. The van der Waals surface area contributed by atoms with Gasteiger partial charge >= 0.3 is 91.8 Å². The molecule has 0 nitrogen and oxygen atoms in total. The first-order valence-corrected chi connectivity index (χ1v) is 4.94. The third-order valence-corrected chi connectivity index (χ3v) is 2.55. The summed E-state index contributed by atoms with van der Waals surface area (Å²) in [6.45, 7) is 0. The predicted octanol–water partition coefficient (Wildman–Crippen LogP) is 2.80. The molecule has 0 fully saturated rings. The second-order valence-corrected chi connectivity index (χ2v) is 3.48. The van der Waals surface area contributed by atoms with E-state index in [2.05, 4.69) is 0 Å². The van der Waals surface area contributed by atoms with Crippen molar-refractivity contribution in [1.82, 2.24) is 0 Å². The van der Waals surface area contributed by atoms with Crippen LogP contribution in [0.1, 0.15) is 11.1 Å². The van der Waals surface area contributed by atoms with Crippen molar-refractivity contribution in [2.45, 2.75) is 0 Å². The van der Waals surface area contributed by atoms with Gasteiger partial charge in [-0.05, 0) is 0 Å². The average molecular weight is 230 g/mol. The first kappa shape index (κ1) is 9.39. The van der Waals surface area contributed by atoms with Crippen LogP contribution in [0.5, 0.6) is 0 Å². The van der Waals surface area contributed by atoms with E-state index in [9.17, 15) is 0 Å². The molecule has 2 aromatic carbocycles. The van der Waals surface area contributed by atoms with E-state index < -0.39 is 0 Å². The fraction of sp³-hybridized carbons (Fsp3) is 0. The van der Waals surface area contributed by atoms with E-state index in [0.29, 0.717) is 0 Å². The van der Waals surface area contributed by atoms with Crippen molar-refractivity contribution >= 4 is 4.42 Å². The quantitative estimate of drug-likeness (QED) is 0.695. The summed E-state index contributed by atoms with van der Waals surface area (Å²) in [6, 6.07) is 20.1. The van der Waals surface area contributed by atoms with Gasteiger partial charge in [-0.3, -0.25) is 0 Å². The van der Waals surface area contributed by atoms with Crippen LogP contribution >= 0.6 is 0 Å². The Morgan fingerprint density at radius 2 is 1.00 bits per heavy atom. The Balaban J connectivity index is 2.35. The minimum atomic E-state index is 0.888. The van der Waals surface area contributed by atoms with Crippen molar-refractivity contribution in [3.63, 3.8) is 0 Å². The molecule has 0 atom stereocenters. The molecule has 0 heterocycles. The molecule has 2 aromatic rings. The van der Waals surface area contributed by atoms with Crippen molar-refractivity contribution in [3.05, 3.63) is 71.8 Å². The van der Waals surface area contributed by atoms with Crippen LogP contribution in [0.25, 0.3) is 0 Å². The van der Waals surface area contributed by atoms with Crippen molar-refractivity contribution < 1.29 is 15.6 Å². The van der Waals surface area contributed by atoms with E-state index >= 15 is 0 Å². The zero-order valence-corrected chi connectivity index (χ0v) is 8.52. The Hall–Kier alpha value is -1.17. The van der Waals surface area contributed by atoms with Gasteiger partial charge in [0.15, 0.2) is 0 Å². The van der Waals surface area contributed by atoms with Crippen LogP contribution in [0.4, 0.5) is 0 Å². The van der Waals surface area contributed by atoms with Crippen molar-refractivity contribution in [3.8, 4) is 0 Å². The maximum atomic E-state index is 5.55. The van der Waals surface area contributed by atoms with Gasteiger partial charge in [0.1, 0.15) is 0 Å². The molecule has 73 valence electrons. The van der Waals surface area contributed by atoms with Crippen molar-refractivity contribution in [1.29, 1.82) is 0 Å². The van der Waals surface area contributed by atoms with Crippen LogP contribution in [0.3, 0.4) is 0 Å². The number of rotatable bonds is 2. The third-order valence-electron chi connectivity index (χ3n) is 2.01. The van der Waals surface area contributed by atoms with Crippen LogP contribution in [0, 0.1) is 0 Å². The number of hydrogen-bond acceptors (Lipinski definition) is 0. The molecule has 0 saturated carbocycles. The van der Waals surface area contributed by atoms with Gasteiger partial charge in [-0.25, -0.2) is 0 Å². The van der Waals surface area contributed by atoms with E-state index in [4.69, 9.17) is 15.6 Å². The summed E-state index contributed by atoms with van der Waals surface area (Å²) in [7, 11) is 0. The van der Waals surface area contributed by atoms with Crippen LogP contribution in [0.2, 0.25) is 0 Å². The molecule has 0 unspecified atom stereocenters. The van der Waals surface area contributed by atoms with Gasteiger partial charge in [-0.15, -0.1) is 0 Å². The van der Waals surface area contributed by atoms with E-state index in [1.807, 2.05) is 60.7 Å². The molecule has 0 amide bonds. The second kappa shape index (κ2) is 4.36. The molecule has 0 spiro atoms. The molecular formula is C13H10Cu. The van der Waals surface area contributed by atoms with Crippen LogP contribution < -0.4 is 0 Å². The third kappa shape index (κ3) is 2.01. The minimum absolute atomic E-state index is 0.888. The Morgan fingerprint density at radius 1 is 0.643 bits per heavy atom. The normalized spacial score (nSPS) is 9.86. The molecule has 14 heavy (non-hydrogen) atoms. The Labute approximate surface area is 92.0 Å². The number of hydrogen-bond donors (Lipinski definition) is 0. The summed E-state index contributed by atoms with van der Waals surface area (Å²) in [4.78, 5) is 0. The molecule has 0 saturated heterocycles. The molecule has 0 aliphatic heterocycles. The van der Waals surface area contributed by atoms with Gasteiger partial charge in [0.2, 0.25) is 0 Å². The first-order chi connectivity index (χ1) is 6.88. The van der Waals surface area contributed by atoms with Gasteiger partial charge in [0.05, 0.1) is 0 Å². The summed E-state index contributed by atoms with van der Waals surface area (Å²) in [6.07, 6.45) is 0. The molecule has 0 N–H and O–H groups in total. The van der Waals surface area contributed by atoms with Crippen LogP contribution in [-0.2, 0) is 15.6 Å². The van der Waals surface area contributed by atoms with E-state index in [-0.39, 0.29) is 0 Å². The SMILES string of the molecule is [Cu]=[C](c1ccccc1)c1ccccc1. The molecule has 0 bridgehead atoms. The fourth-order valence-corrected chi connectivity index (χ4v) is 1.62. The van der Waals surface area contributed by atoms with Gasteiger partial charge in [0.25, 0.3) is 0 Å². The first-order valence-electron chi connectivity index (χ1n) is 4.47. The molecule has 0 aliphatic carbocycles. The zero-order chi connectivity index (χ0) is 9.80. The van der Waals surface area contributed by atoms with Crippen LogP contribution in [-0.4, -0.2) is 4.42 Å². The molecule has 0 radical (unpaired) electrons. The van der Waals surface area contributed by atoms with Gasteiger partial charge < -0.3 is 0 Å². The summed E-state index contributed by atoms with van der Waals surface area (Å²) < 4.78 is 0.888. The molecule has 0 aromatic heterocycles. The standard InChI is InChI=1S/C13H10.Cu/c1-3-7-12(8-4-1)11-13-9-5-2-6-10-13;/h1-10H;. The molecular weight excluding hydrogens is 220 g/mol. The zero-order valence-electron chi connectivity index (χ0n) is 7.58.